The Kier molecular flexibility index (Phi) is 4.91. The summed E-state index contributed by atoms with van der Waals surface area (Å²) in [7, 11) is 0. The van der Waals surface area contributed by atoms with Crippen LogP contribution in [0.15, 0.2) is 48.8 Å². The summed E-state index contributed by atoms with van der Waals surface area (Å²) in [6.07, 6.45) is 4.60. The molecule has 17 heavy (non-hydrogen) atoms. The molecule has 90 valence electrons. The van der Waals surface area contributed by atoms with Crippen LogP contribution in [0.1, 0.15) is 5.56 Å². The van der Waals surface area contributed by atoms with Gasteiger partial charge in [0, 0.05) is 24.2 Å². The van der Waals surface area contributed by atoms with Gasteiger partial charge in [-0.25, -0.2) is 8.96 Å². The molecule has 0 saturated carbocycles. The molecule has 2 nitrogen and oxygen atoms in total. The normalized spacial score (nSPS) is 9.71. The topological polar surface area (TPSA) is 29.9 Å². The summed E-state index contributed by atoms with van der Waals surface area (Å²) in [5, 5.41) is 0. The average Bonchev–Trinajstić information content (AvgIpc) is 2.29. The van der Waals surface area contributed by atoms with Gasteiger partial charge >= 0.3 is 0 Å². The van der Waals surface area contributed by atoms with E-state index in [-0.39, 0.29) is 18.2 Å². The van der Waals surface area contributed by atoms with Crippen LogP contribution in [-0.2, 0) is 13.0 Å². The van der Waals surface area contributed by atoms with Crippen molar-refractivity contribution < 1.29 is 21.4 Å². The largest absolute Gasteiger partial charge is 1.00 e. The van der Waals surface area contributed by atoms with Crippen LogP contribution < -0.4 is 22.7 Å². The van der Waals surface area contributed by atoms with Gasteiger partial charge in [-0.2, -0.15) is 0 Å². The lowest BCUT2D eigenvalue weighted by Crippen LogP contribution is -3.00. The van der Waals surface area contributed by atoms with Gasteiger partial charge in [-0.3, -0.25) is 0 Å². The SMILES string of the molecule is Nc1ccc(CC[n+]2ccccc2)c(F)c1.[Cl-]. The van der Waals surface area contributed by atoms with Crippen LogP contribution >= 0.6 is 0 Å². The van der Waals surface area contributed by atoms with E-state index in [0.29, 0.717) is 17.7 Å². The molecule has 0 saturated heterocycles. The van der Waals surface area contributed by atoms with Crippen molar-refractivity contribution in [3.8, 4) is 0 Å². The first-order valence-electron chi connectivity index (χ1n) is 5.24. The number of halogens is 2. The van der Waals surface area contributed by atoms with Crippen molar-refractivity contribution in [1.29, 1.82) is 0 Å². The Morgan fingerprint density at radius 3 is 2.47 bits per heavy atom. The van der Waals surface area contributed by atoms with Crippen LogP contribution in [0.3, 0.4) is 0 Å². The van der Waals surface area contributed by atoms with E-state index in [1.54, 1.807) is 12.1 Å². The minimum atomic E-state index is -0.225. The predicted octanol–water partition coefficient (Wildman–Crippen LogP) is -1.06. The standard InChI is InChI=1S/C13H14FN2.ClH/c14-13-10-12(15)5-4-11(13)6-9-16-7-2-1-3-8-16;/h1-5,7-8,10H,6,9,15H2;1H/q+1;/p-1. The molecule has 4 heteroatoms. The molecule has 0 amide bonds. The highest BCUT2D eigenvalue weighted by molar-refractivity contribution is 5.40. The molecule has 2 N–H and O–H groups in total. The highest BCUT2D eigenvalue weighted by Gasteiger charge is 2.05. The van der Waals surface area contributed by atoms with Crippen LogP contribution in [0.5, 0.6) is 0 Å². The molecule has 0 aliphatic rings. The summed E-state index contributed by atoms with van der Waals surface area (Å²) in [5.41, 5.74) is 6.66. The van der Waals surface area contributed by atoms with E-state index >= 15 is 0 Å². The van der Waals surface area contributed by atoms with Crippen LogP contribution in [0, 0.1) is 5.82 Å². The molecule has 2 rings (SSSR count). The van der Waals surface area contributed by atoms with Crippen LogP contribution in [0.2, 0.25) is 0 Å². The number of hydrogen-bond donors (Lipinski definition) is 1. The number of rotatable bonds is 3. The fraction of sp³-hybridized carbons (Fsp3) is 0.154. The second-order valence-corrected chi connectivity index (χ2v) is 3.71. The van der Waals surface area contributed by atoms with Gasteiger partial charge in [0.2, 0.25) is 0 Å². The second kappa shape index (κ2) is 6.21. The smallest absolute Gasteiger partial charge is 0.168 e. The summed E-state index contributed by atoms with van der Waals surface area (Å²) in [6.45, 7) is 0.766. The highest BCUT2D eigenvalue weighted by atomic mass is 35.5. The Morgan fingerprint density at radius 1 is 1.12 bits per heavy atom. The van der Waals surface area contributed by atoms with E-state index in [1.165, 1.54) is 6.07 Å². The van der Waals surface area contributed by atoms with Crippen molar-refractivity contribution in [1.82, 2.24) is 0 Å². The van der Waals surface area contributed by atoms with Crippen molar-refractivity contribution in [2.45, 2.75) is 13.0 Å². The maximum absolute atomic E-state index is 13.5. The first kappa shape index (κ1) is 13.5. The molecule has 1 aromatic carbocycles. The summed E-state index contributed by atoms with van der Waals surface area (Å²) >= 11 is 0. The number of nitrogens with zero attached hydrogens (tertiary/aromatic N) is 1. The van der Waals surface area contributed by atoms with Crippen molar-refractivity contribution in [2.24, 2.45) is 0 Å². The monoisotopic (exact) mass is 252 g/mol. The molecule has 0 spiro atoms. The number of nitrogen functional groups attached to an aromatic ring is 1. The van der Waals surface area contributed by atoms with E-state index < -0.39 is 0 Å². The molecule has 0 aliphatic heterocycles. The molecule has 0 bridgehead atoms. The van der Waals surface area contributed by atoms with Crippen molar-refractivity contribution in [2.75, 3.05) is 5.73 Å². The van der Waals surface area contributed by atoms with Gasteiger partial charge in [-0.15, -0.1) is 0 Å². The molecule has 0 fully saturated rings. The predicted molar refractivity (Wildman–Crippen MR) is 61.2 cm³/mol. The Morgan fingerprint density at radius 2 is 1.82 bits per heavy atom. The fourth-order valence-electron chi connectivity index (χ4n) is 1.60. The van der Waals surface area contributed by atoms with Crippen LogP contribution in [0.4, 0.5) is 10.1 Å². The van der Waals surface area contributed by atoms with Crippen molar-refractivity contribution in [3.63, 3.8) is 0 Å². The Hall–Kier alpha value is -1.61. The van der Waals surface area contributed by atoms with Crippen LogP contribution in [-0.4, -0.2) is 0 Å². The van der Waals surface area contributed by atoms with E-state index in [0.717, 1.165) is 6.54 Å². The van der Waals surface area contributed by atoms with Gasteiger partial charge in [0.15, 0.2) is 18.9 Å². The molecule has 1 heterocycles. The fourth-order valence-corrected chi connectivity index (χ4v) is 1.60. The number of nitrogens with two attached hydrogens (primary N) is 1. The lowest BCUT2D eigenvalue weighted by Gasteiger charge is -2.01. The quantitative estimate of drug-likeness (QED) is 0.548. The summed E-state index contributed by atoms with van der Waals surface area (Å²) in [5.74, 6) is -0.225. The van der Waals surface area contributed by atoms with E-state index in [4.69, 9.17) is 5.73 Å². The third-order valence-corrected chi connectivity index (χ3v) is 2.49. The zero-order valence-corrected chi connectivity index (χ0v) is 10.1. The average molecular weight is 253 g/mol. The molecule has 0 aliphatic carbocycles. The molecule has 0 unspecified atom stereocenters. The van der Waals surface area contributed by atoms with E-state index in [1.807, 2.05) is 35.2 Å². The Balaban J connectivity index is 0.00000144. The number of benzene rings is 1. The molecule has 0 radical (unpaired) electrons. The molecule has 0 atom stereocenters. The first-order valence-corrected chi connectivity index (χ1v) is 5.24. The van der Waals surface area contributed by atoms with Gasteiger partial charge in [-0.05, 0) is 17.7 Å². The minimum Gasteiger partial charge on any atom is -1.00 e. The summed E-state index contributed by atoms with van der Waals surface area (Å²) in [4.78, 5) is 0. The second-order valence-electron chi connectivity index (χ2n) is 3.71. The number of hydrogen-bond acceptors (Lipinski definition) is 1. The van der Waals surface area contributed by atoms with Crippen molar-refractivity contribution >= 4 is 5.69 Å². The summed E-state index contributed by atoms with van der Waals surface area (Å²) in [6, 6.07) is 10.7. The van der Waals surface area contributed by atoms with Gasteiger partial charge in [-0.1, -0.05) is 12.1 Å². The lowest BCUT2D eigenvalue weighted by molar-refractivity contribution is -0.696. The molecular weight excluding hydrogens is 239 g/mol. The van der Waals surface area contributed by atoms with Gasteiger partial charge < -0.3 is 18.1 Å². The minimum absolute atomic E-state index is 0. The molecule has 1 aromatic heterocycles. The van der Waals surface area contributed by atoms with Gasteiger partial charge in [0.1, 0.15) is 5.82 Å². The van der Waals surface area contributed by atoms with Crippen molar-refractivity contribution in [3.05, 3.63) is 60.2 Å². The van der Waals surface area contributed by atoms with Gasteiger partial charge in [0.25, 0.3) is 0 Å². The van der Waals surface area contributed by atoms with Crippen LogP contribution in [0.25, 0.3) is 0 Å². The highest BCUT2D eigenvalue weighted by Crippen LogP contribution is 2.12. The Bertz CT molecular complexity index is 474. The zero-order chi connectivity index (χ0) is 11.4. The van der Waals surface area contributed by atoms with E-state index in [2.05, 4.69) is 0 Å². The number of aryl methyl sites for hydroxylation is 2. The van der Waals surface area contributed by atoms with E-state index in [9.17, 15) is 4.39 Å². The molecule has 2 aromatic rings. The molecular formula is C13H14ClFN2. The first-order chi connectivity index (χ1) is 7.75. The number of aromatic nitrogens is 1. The number of pyridine rings is 1. The summed E-state index contributed by atoms with van der Waals surface area (Å²) < 4.78 is 15.5. The third kappa shape index (κ3) is 3.71. The van der Waals surface area contributed by atoms with Gasteiger partial charge in [0.05, 0.1) is 0 Å². The number of anilines is 1. The lowest BCUT2D eigenvalue weighted by atomic mass is 10.1. The maximum Gasteiger partial charge on any atom is 0.168 e. The maximum atomic E-state index is 13.5. The third-order valence-electron chi connectivity index (χ3n) is 2.49. The zero-order valence-electron chi connectivity index (χ0n) is 9.31. The Labute approximate surface area is 106 Å².